The van der Waals surface area contributed by atoms with Gasteiger partial charge in [-0.05, 0) is 43.2 Å². The second kappa shape index (κ2) is 9.78. The van der Waals surface area contributed by atoms with Gasteiger partial charge in [-0.2, -0.15) is 0 Å². The van der Waals surface area contributed by atoms with Crippen molar-refractivity contribution in [2.24, 2.45) is 0 Å². The second-order valence-electron chi connectivity index (χ2n) is 6.14. The number of nitrogens with zero attached hydrogens (tertiary/aromatic N) is 1. The molecule has 2 aromatic rings. The summed E-state index contributed by atoms with van der Waals surface area (Å²) in [5.74, 6) is 0.520. The summed E-state index contributed by atoms with van der Waals surface area (Å²) < 4.78 is 0.963. The van der Waals surface area contributed by atoms with Crippen molar-refractivity contribution < 1.29 is 9.59 Å². The van der Waals surface area contributed by atoms with E-state index in [-0.39, 0.29) is 23.6 Å². The van der Waals surface area contributed by atoms with E-state index in [0.29, 0.717) is 0 Å². The van der Waals surface area contributed by atoms with Crippen LogP contribution in [0.15, 0.2) is 53.0 Å². The van der Waals surface area contributed by atoms with Gasteiger partial charge < -0.3 is 10.2 Å². The van der Waals surface area contributed by atoms with Crippen LogP contribution in [0.25, 0.3) is 0 Å². The van der Waals surface area contributed by atoms with E-state index in [1.807, 2.05) is 62.4 Å². The Balaban J connectivity index is 1.84. The first kappa shape index (κ1) is 20.5. The van der Waals surface area contributed by atoms with Crippen molar-refractivity contribution in [2.75, 3.05) is 18.9 Å². The third kappa shape index (κ3) is 6.18. The lowest BCUT2D eigenvalue weighted by atomic mass is 10.2. The Hall–Kier alpha value is -1.79. The molecule has 26 heavy (non-hydrogen) atoms. The zero-order valence-electron chi connectivity index (χ0n) is 15.2. The maximum absolute atomic E-state index is 12.5. The van der Waals surface area contributed by atoms with Crippen LogP contribution >= 0.6 is 27.7 Å². The van der Waals surface area contributed by atoms with Gasteiger partial charge in [-0.25, -0.2) is 0 Å². The quantitative estimate of drug-likeness (QED) is 0.698. The molecule has 0 saturated heterocycles. The molecule has 0 radical (unpaired) electrons. The van der Waals surface area contributed by atoms with Crippen LogP contribution in [0, 0.1) is 6.92 Å². The third-order valence-electron chi connectivity index (χ3n) is 3.91. The minimum atomic E-state index is -0.206. The van der Waals surface area contributed by atoms with Crippen LogP contribution < -0.4 is 5.32 Å². The SMILES string of the molecule is Cc1cc(Br)ccc1NC(=O)CN(C)C(=O)C(C)SCc1ccccc1. The molecule has 0 aliphatic carbocycles. The number of aryl methyl sites for hydroxylation is 1. The van der Waals surface area contributed by atoms with Gasteiger partial charge in [-0.15, -0.1) is 11.8 Å². The van der Waals surface area contributed by atoms with Crippen molar-refractivity contribution in [3.05, 3.63) is 64.1 Å². The lowest BCUT2D eigenvalue weighted by Crippen LogP contribution is -2.39. The number of halogens is 1. The summed E-state index contributed by atoms with van der Waals surface area (Å²) in [6.07, 6.45) is 0. The lowest BCUT2D eigenvalue weighted by Gasteiger charge is -2.21. The number of anilines is 1. The van der Waals surface area contributed by atoms with E-state index in [1.54, 1.807) is 18.8 Å². The van der Waals surface area contributed by atoms with Gasteiger partial charge in [0.1, 0.15) is 0 Å². The number of nitrogens with one attached hydrogen (secondary N) is 1. The smallest absolute Gasteiger partial charge is 0.243 e. The van der Waals surface area contributed by atoms with Crippen molar-refractivity contribution in [1.29, 1.82) is 0 Å². The molecule has 2 rings (SSSR count). The number of benzene rings is 2. The lowest BCUT2D eigenvalue weighted by molar-refractivity contribution is -0.132. The third-order valence-corrected chi connectivity index (χ3v) is 5.61. The zero-order chi connectivity index (χ0) is 19.1. The van der Waals surface area contributed by atoms with Crippen LogP contribution in [0.5, 0.6) is 0 Å². The van der Waals surface area contributed by atoms with E-state index in [9.17, 15) is 9.59 Å². The van der Waals surface area contributed by atoms with E-state index in [4.69, 9.17) is 0 Å². The number of thioether (sulfide) groups is 1. The van der Waals surface area contributed by atoms with Crippen LogP contribution in [0.2, 0.25) is 0 Å². The molecule has 1 atom stereocenters. The fourth-order valence-corrected chi connectivity index (χ4v) is 3.86. The van der Waals surface area contributed by atoms with Crippen molar-refractivity contribution in [3.8, 4) is 0 Å². The highest BCUT2D eigenvalue weighted by atomic mass is 79.9. The van der Waals surface area contributed by atoms with E-state index >= 15 is 0 Å². The molecule has 138 valence electrons. The van der Waals surface area contributed by atoms with Gasteiger partial charge >= 0.3 is 0 Å². The van der Waals surface area contributed by atoms with Crippen LogP contribution in [0.3, 0.4) is 0 Å². The van der Waals surface area contributed by atoms with Crippen LogP contribution in [0.1, 0.15) is 18.1 Å². The molecule has 0 aromatic heterocycles. The van der Waals surface area contributed by atoms with E-state index in [2.05, 4.69) is 21.2 Å². The van der Waals surface area contributed by atoms with Gasteiger partial charge in [0.25, 0.3) is 0 Å². The largest absolute Gasteiger partial charge is 0.335 e. The molecule has 6 heteroatoms. The standard InChI is InChI=1S/C20H23BrN2O2S/c1-14-11-17(21)9-10-18(14)22-19(24)12-23(3)20(25)15(2)26-13-16-7-5-4-6-8-16/h4-11,15H,12-13H2,1-3H3,(H,22,24). The van der Waals surface area contributed by atoms with Crippen molar-refractivity contribution in [2.45, 2.75) is 24.9 Å². The predicted octanol–water partition coefficient (Wildman–Crippen LogP) is 4.48. The fraction of sp³-hybridized carbons (Fsp3) is 0.300. The molecule has 2 amide bonds. The fourth-order valence-electron chi connectivity index (χ4n) is 2.43. The predicted molar refractivity (Wildman–Crippen MR) is 112 cm³/mol. The highest BCUT2D eigenvalue weighted by Crippen LogP contribution is 2.21. The summed E-state index contributed by atoms with van der Waals surface area (Å²) in [7, 11) is 1.66. The minimum Gasteiger partial charge on any atom is -0.335 e. The van der Waals surface area contributed by atoms with E-state index < -0.39 is 0 Å². The van der Waals surface area contributed by atoms with Gasteiger partial charge in [0.2, 0.25) is 11.8 Å². The van der Waals surface area contributed by atoms with Crippen LogP contribution in [-0.2, 0) is 15.3 Å². The molecular formula is C20H23BrN2O2S. The molecule has 0 heterocycles. The normalized spacial score (nSPS) is 11.7. The highest BCUT2D eigenvalue weighted by molar-refractivity contribution is 9.10. The molecule has 0 fully saturated rings. The first-order valence-corrected chi connectivity index (χ1v) is 10.2. The van der Waals surface area contributed by atoms with Gasteiger partial charge in [-0.1, -0.05) is 46.3 Å². The minimum absolute atomic E-state index is 0.0323. The molecule has 0 spiro atoms. The highest BCUT2D eigenvalue weighted by Gasteiger charge is 2.20. The molecule has 0 bridgehead atoms. The second-order valence-corrected chi connectivity index (χ2v) is 8.39. The monoisotopic (exact) mass is 434 g/mol. The van der Waals surface area contributed by atoms with Crippen LogP contribution in [-0.4, -0.2) is 35.6 Å². The van der Waals surface area contributed by atoms with E-state index in [0.717, 1.165) is 21.5 Å². The molecule has 1 unspecified atom stereocenters. The van der Waals surface area contributed by atoms with Crippen molar-refractivity contribution in [3.63, 3.8) is 0 Å². The number of rotatable bonds is 7. The number of hydrogen-bond acceptors (Lipinski definition) is 3. The summed E-state index contributed by atoms with van der Waals surface area (Å²) in [6, 6.07) is 15.7. The first-order valence-electron chi connectivity index (χ1n) is 8.33. The summed E-state index contributed by atoms with van der Waals surface area (Å²) in [5, 5.41) is 2.65. The van der Waals surface area contributed by atoms with E-state index in [1.165, 1.54) is 10.5 Å². The molecule has 0 aliphatic rings. The Bertz CT molecular complexity index is 768. The molecule has 2 aromatic carbocycles. The molecule has 0 saturated carbocycles. The van der Waals surface area contributed by atoms with Crippen LogP contribution in [0.4, 0.5) is 5.69 Å². The Kier molecular flexibility index (Phi) is 7.72. The Morgan fingerprint density at radius 3 is 2.54 bits per heavy atom. The first-order chi connectivity index (χ1) is 12.4. The zero-order valence-corrected chi connectivity index (χ0v) is 17.6. The topological polar surface area (TPSA) is 49.4 Å². The number of carbonyl (C=O) groups is 2. The Labute approximate surface area is 167 Å². The average molecular weight is 435 g/mol. The molecule has 0 aliphatic heterocycles. The van der Waals surface area contributed by atoms with Crippen molar-refractivity contribution in [1.82, 2.24) is 4.90 Å². The van der Waals surface area contributed by atoms with Gasteiger partial charge in [0.05, 0.1) is 11.8 Å². The molecule has 1 N–H and O–H groups in total. The number of hydrogen-bond donors (Lipinski definition) is 1. The Morgan fingerprint density at radius 2 is 1.88 bits per heavy atom. The number of likely N-dealkylation sites (N-methyl/N-ethyl adjacent to an activating group) is 1. The van der Waals surface area contributed by atoms with Crippen molar-refractivity contribution >= 4 is 45.2 Å². The van der Waals surface area contributed by atoms with Gasteiger partial charge in [0, 0.05) is 23.0 Å². The summed E-state index contributed by atoms with van der Waals surface area (Å²) in [4.78, 5) is 26.2. The Morgan fingerprint density at radius 1 is 1.19 bits per heavy atom. The summed E-state index contributed by atoms with van der Waals surface area (Å²) in [6.45, 7) is 3.84. The number of carbonyl (C=O) groups excluding carboxylic acids is 2. The summed E-state index contributed by atoms with van der Waals surface area (Å²) >= 11 is 4.97. The maximum atomic E-state index is 12.5. The van der Waals surface area contributed by atoms with Gasteiger partial charge in [-0.3, -0.25) is 9.59 Å². The summed E-state index contributed by atoms with van der Waals surface area (Å²) in [5.41, 5.74) is 2.90. The number of amides is 2. The molecule has 4 nitrogen and oxygen atoms in total. The van der Waals surface area contributed by atoms with Gasteiger partial charge in [0.15, 0.2) is 0 Å². The average Bonchev–Trinajstić information content (AvgIpc) is 2.62. The maximum Gasteiger partial charge on any atom is 0.243 e. The molecular weight excluding hydrogens is 412 g/mol.